The second-order valence-electron chi connectivity index (χ2n) is 8.32. The second-order valence-corrected chi connectivity index (χ2v) is 9.13. The van der Waals surface area contributed by atoms with Gasteiger partial charge in [0, 0.05) is 35.0 Å². The van der Waals surface area contributed by atoms with Crippen molar-refractivity contribution in [2.24, 2.45) is 0 Å². The summed E-state index contributed by atoms with van der Waals surface area (Å²) in [5.41, 5.74) is -0.977. The molecule has 15 heteroatoms. The number of para-hydroxylation sites is 1. The number of pyridine rings is 1. The van der Waals surface area contributed by atoms with Crippen molar-refractivity contribution in [2.75, 3.05) is 19.0 Å². The topological polar surface area (TPSA) is 143 Å². The molecule has 0 aliphatic heterocycles. The Balaban J connectivity index is 1.68. The first-order valence-electron chi connectivity index (χ1n) is 11.6. The fourth-order valence-corrected chi connectivity index (χ4v) is 4.27. The number of nitrogens with one attached hydrogen (secondary N) is 2. The predicted molar refractivity (Wildman–Crippen MR) is 141 cm³/mol. The van der Waals surface area contributed by atoms with Crippen LogP contribution < -0.4 is 15.8 Å². The first kappa shape index (κ1) is 29.6. The van der Waals surface area contributed by atoms with Crippen LogP contribution in [0.25, 0.3) is 11.1 Å². The number of aromatic amines is 1. The maximum Gasteiger partial charge on any atom is 0.434 e. The molecular weight excluding hydrogens is 590 g/mol. The molecular formula is C26H18Cl2F3N5O5. The third-order valence-electron chi connectivity index (χ3n) is 5.61. The van der Waals surface area contributed by atoms with Gasteiger partial charge in [-0.15, -0.1) is 5.10 Å². The molecule has 0 bridgehead atoms. The van der Waals surface area contributed by atoms with Gasteiger partial charge in [0.25, 0.3) is 5.91 Å². The van der Waals surface area contributed by atoms with Crippen LogP contribution in [0.2, 0.25) is 10.0 Å². The Morgan fingerprint density at radius 2 is 1.98 bits per heavy atom. The molecule has 0 unspecified atom stereocenters. The van der Waals surface area contributed by atoms with E-state index in [1.165, 1.54) is 25.3 Å². The number of methoxy groups -OCH3 is 1. The van der Waals surface area contributed by atoms with Crippen molar-refractivity contribution in [1.82, 2.24) is 15.2 Å². The highest BCUT2D eigenvalue weighted by atomic mass is 35.5. The minimum atomic E-state index is -4.76. The highest BCUT2D eigenvalue weighted by molar-refractivity contribution is 6.35. The van der Waals surface area contributed by atoms with Crippen LogP contribution in [0.15, 0.2) is 51.8 Å². The van der Waals surface area contributed by atoms with Crippen LogP contribution in [0.3, 0.4) is 0 Å². The molecule has 10 nitrogen and oxygen atoms in total. The number of halogens is 5. The lowest BCUT2D eigenvalue weighted by Gasteiger charge is -2.17. The van der Waals surface area contributed by atoms with Crippen molar-refractivity contribution < 1.29 is 31.9 Å². The molecule has 41 heavy (non-hydrogen) atoms. The highest BCUT2D eigenvalue weighted by Crippen LogP contribution is 2.37. The predicted octanol–water partition coefficient (Wildman–Crippen LogP) is 5.64. The average molecular weight is 608 g/mol. The maximum atomic E-state index is 13.5. The van der Waals surface area contributed by atoms with Crippen LogP contribution in [0, 0.1) is 11.3 Å². The van der Waals surface area contributed by atoms with Gasteiger partial charge in [0.2, 0.25) is 5.89 Å². The van der Waals surface area contributed by atoms with E-state index in [1.807, 2.05) is 0 Å². The van der Waals surface area contributed by atoms with E-state index in [0.29, 0.717) is 11.6 Å². The lowest BCUT2D eigenvalue weighted by Crippen LogP contribution is -2.16. The molecule has 2 heterocycles. The van der Waals surface area contributed by atoms with E-state index >= 15 is 0 Å². The van der Waals surface area contributed by atoms with Gasteiger partial charge in [-0.3, -0.25) is 9.78 Å². The van der Waals surface area contributed by atoms with Gasteiger partial charge in [-0.25, -0.2) is 9.89 Å². The Morgan fingerprint density at radius 1 is 1.20 bits per heavy atom. The molecule has 2 aromatic heterocycles. The quantitative estimate of drug-likeness (QED) is 0.249. The van der Waals surface area contributed by atoms with Gasteiger partial charge in [0.1, 0.15) is 17.1 Å². The number of H-pyrrole nitrogens is 1. The molecule has 0 saturated heterocycles. The number of hydrogen-bond donors (Lipinski definition) is 2. The highest BCUT2D eigenvalue weighted by Gasteiger charge is 2.33. The van der Waals surface area contributed by atoms with Crippen molar-refractivity contribution in [3.05, 3.63) is 91.5 Å². The number of anilines is 1. The molecule has 0 aliphatic carbocycles. The van der Waals surface area contributed by atoms with Gasteiger partial charge in [0.05, 0.1) is 36.3 Å². The molecule has 2 N–H and O–H groups in total. The average Bonchev–Trinajstić information content (AvgIpc) is 3.34. The number of nitriles is 1. The number of hydrogen-bond acceptors (Lipinski definition) is 8. The Bertz CT molecular complexity index is 1700. The van der Waals surface area contributed by atoms with Crippen LogP contribution in [-0.2, 0) is 23.9 Å². The summed E-state index contributed by atoms with van der Waals surface area (Å²) in [6.45, 7) is -0.0191. The summed E-state index contributed by atoms with van der Waals surface area (Å²) < 4.78 is 55.2. The SMILES string of the molecule is COCc1cc(Cl)c(-c2cnc(C(F)(F)F)cc2C#N)cc1C(=O)Nc1c(Cl)cccc1OCCc1n[nH]c(=O)o1. The van der Waals surface area contributed by atoms with Gasteiger partial charge in [-0.1, -0.05) is 29.3 Å². The monoisotopic (exact) mass is 607 g/mol. The smallest absolute Gasteiger partial charge is 0.434 e. The van der Waals surface area contributed by atoms with Gasteiger partial charge < -0.3 is 19.2 Å². The zero-order valence-electron chi connectivity index (χ0n) is 20.9. The Labute approximate surface area is 239 Å². The number of carbonyl (C=O) groups is 1. The van der Waals surface area contributed by atoms with E-state index in [0.717, 1.165) is 6.20 Å². The molecule has 0 saturated carbocycles. The summed E-state index contributed by atoms with van der Waals surface area (Å²) in [7, 11) is 1.40. The van der Waals surface area contributed by atoms with Crippen molar-refractivity contribution in [3.63, 3.8) is 0 Å². The van der Waals surface area contributed by atoms with Gasteiger partial charge >= 0.3 is 11.9 Å². The first-order chi connectivity index (χ1) is 19.5. The Morgan fingerprint density at radius 3 is 2.63 bits per heavy atom. The third kappa shape index (κ3) is 6.86. The molecule has 0 radical (unpaired) electrons. The summed E-state index contributed by atoms with van der Waals surface area (Å²) in [4.78, 5) is 28.1. The molecule has 212 valence electrons. The maximum absolute atomic E-state index is 13.5. The molecule has 0 spiro atoms. The normalized spacial score (nSPS) is 11.2. The van der Waals surface area contributed by atoms with Crippen LogP contribution >= 0.6 is 23.2 Å². The fraction of sp³-hybridized carbons (Fsp3) is 0.192. The lowest BCUT2D eigenvalue weighted by molar-refractivity contribution is -0.141. The van der Waals surface area contributed by atoms with Crippen LogP contribution in [-0.4, -0.2) is 34.8 Å². The number of nitrogens with zero attached hydrogens (tertiary/aromatic N) is 3. The summed E-state index contributed by atoms with van der Waals surface area (Å²) in [6.07, 6.45) is -3.75. The zero-order valence-corrected chi connectivity index (χ0v) is 22.4. The van der Waals surface area contributed by atoms with Gasteiger partial charge in [0.15, 0.2) is 0 Å². The molecule has 4 aromatic rings. The number of rotatable bonds is 9. The van der Waals surface area contributed by atoms with Crippen molar-refractivity contribution >= 4 is 34.8 Å². The van der Waals surface area contributed by atoms with Crippen molar-refractivity contribution in [1.29, 1.82) is 5.26 Å². The number of aromatic nitrogens is 3. The summed E-state index contributed by atoms with van der Waals surface area (Å²) in [5, 5.41) is 18.2. The number of ether oxygens (including phenoxy) is 2. The molecule has 0 fully saturated rings. The molecule has 2 aromatic carbocycles. The van der Waals surface area contributed by atoms with Crippen molar-refractivity contribution in [2.45, 2.75) is 19.2 Å². The number of alkyl halides is 3. The van der Waals surface area contributed by atoms with E-state index in [-0.39, 0.29) is 69.3 Å². The number of benzene rings is 2. The third-order valence-corrected chi connectivity index (χ3v) is 6.24. The van der Waals surface area contributed by atoms with E-state index in [2.05, 4.69) is 20.5 Å². The molecule has 1 amide bonds. The second kappa shape index (κ2) is 12.4. The fourth-order valence-electron chi connectivity index (χ4n) is 3.77. The summed E-state index contributed by atoms with van der Waals surface area (Å²) in [6, 6.07) is 9.74. The van der Waals surface area contributed by atoms with Crippen LogP contribution in [0.5, 0.6) is 5.75 Å². The van der Waals surface area contributed by atoms with Crippen molar-refractivity contribution in [3.8, 4) is 22.9 Å². The van der Waals surface area contributed by atoms with Gasteiger partial charge in [-0.2, -0.15) is 18.4 Å². The lowest BCUT2D eigenvalue weighted by atomic mass is 9.96. The number of carbonyl (C=O) groups excluding carboxylic acids is 1. The van der Waals surface area contributed by atoms with E-state index in [9.17, 15) is 28.0 Å². The van der Waals surface area contributed by atoms with E-state index < -0.39 is 23.5 Å². The van der Waals surface area contributed by atoms with Gasteiger partial charge in [-0.05, 0) is 35.9 Å². The minimum absolute atomic E-state index is 0.00435. The van der Waals surface area contributed by atoms with Crippen LogP contribution in [0.4, 0.5) is 18.9 Å². The minimum Gasteiger partial charge on any atom is -0.491 e. The van der Waals surface area contributed by atoms with E-state index in [1.54, 1.807) is 18.2 Å². The van der Waals surface area contributed by atoms with Crippen LogP contribution in [0.1, 0.15) is 33.1 Å². The molecule has 4 rings (SSSR count). The number of amides is 1. The summed E-state index contributed by atoms with van der Waals surface area (Å²) >= 11 is 12.8. The Hall–Kier alpha value is -4.38. The first-order valence-corrected chi connectivity index (χ1v) is 12.3. The van der Waals surface area contributed by atoms with E-state index in [4.69, 9.17) is 37.1 Å². The summed E-state index contributed by atoms with van der Waals surface area (Å²) in [5.74, 6) is -1.07. The molecule has 0 atom stereocenters. The standard InChI is InChI=1S/C26H18Cl2F3N5O5/c1-39-12-14-7-19(28)16(17-11-33-21(26(29,30)31)8-13(17)10-32)9-15(14)24(37)34-23-18(27)3-2-4-20(23)40-6-5-22-35-36-25(38)41-22/h2-4,7-9,11H,5-6,12H2,1H3,(H,34,37)(H,36,38). The largest absolute Gasteiger partial charge is 0.491 e. The zero-order chi connectivity index (χ0) is 29.7. The molecule has 0 aliphatic rings. The Kier molecular flexibility index (Phi) is 8.97.